The van der Waals surface area contributed by atoms with Crippen molar-refractivity contribution >= 4 is 34.7 Å². The number of hydrogen-bond donors (Lipinski definition) is 1. The van der Waals surface area contributed by atoms with Crippen LogP contribution in [0.2, 0.25) is 10.0 Å². The smallest absolute Gasteiger partial charge is 0.139 e. The van der Waals surface area contributed by atoms with E-state index in [0.29, 0.717) is 21.6 Å². The number of nitrogens with two attached hydrogens (primary N) is 1. The van der Waals surface area contributed by atoms with E-state index in [1.807, 2.05) is 31.2 Å². The van der Waals surface area contributed by atoms with E-state index in [1.54, 1.807) is 16.7 Å². The van der Waals surface area contributed by atoms with Crippen LogP contribution in [0.4, 0.5) is 5.82 Å². The van der Waals surface area contributed by atoms with Crippen molar-refractivity contribution in [1.29, 1.82) is 0 Å². The van der Waals surface area contributed by atoms with Crippen molar-refractivity contribution in [2.45, 2.75) is 6.92 Å². The number of hydrogen-bond acceptors (Lipinski definition) is 2. The number of halogens is 2. The highest BCUT2D eigenvalue weighted by Gasteiger charge is 2.12. The van der Waals surface area contributed by atoms with E-state index in [2.05, 4.69) is 4.98 Å². The van der Waals surface area contributed by atoms with Gasteiger partial charge in [-0.05, 0) is 30.7 Å². The maximum absolute atomic E-state index is 6.14. The predicted octanol–water partition coefficient (Wildman–Crippen LogP) is 4.20. The zero-order valence-corrected chi connectivity index (χ0v) is 11.7. The fourth-order valence-electron chi connectivity index (χ4n) is 1.99. The summed E-state index contributed by atoms with van der Waals surface area (Å²) in [4.78, 5) is 4.52. The maximum atomic E-state index is 6.14. The molecule has 0 spiro atoms. The minimum absolute atomic E-state index is 0.553. The van der Waals surface area contributed by atoms with Gasteiger partial charge in [0, 0.05) is 16.8 Å². The molecule has 2 aromatic heterocycles. The Bertz CT molecular complexity index is 778. The molecule has 0 saturated carbocycles. The number of pyridine rings is 1. The van der Waals surface area contributed by atoms with E-state index >= 15 is 0 Å². The maximum Gasteiger partial charge on any atom is 0.139 e. The molecule has 0 fully saturated rings. The van der Waals surface area contributed by atoms with E-state index in [0.717, 1.165) is 16.8 Å². The minimum atomic E-state index is 0.553. The molecule has 0 radical (unpaired) electrons. The molecule has 3 aromatic rings. The molecule has 2 N–H and O–H groups in total. The lowest BCUT2D eigenvalue weighted by atomic mass is 10.1. The summed E-state index contributed by atoms with van der Waals surface area (Å²) in [5.74, 6) is 0.553. The van der Waals surface area contributed by atoms with Crippen molar-refractivity contribution in [2.75, 3.05) is 5.73 Å². The van der Waals surface area contributed by atoms with Crippen LogP contribution in [0.25, 0.3) is 16.9 Å². The molecule has 3 nitrogen and oxygen atoms in total. The summed E-state index contributed by atoms with van der Waals surface area (Å²) in [6, 6.07) is 9.40. The Morgan fingerprint density at radius 2 is 1.95 bits per heavy atom. The molecule has 0 aliphatic rings. The average Bonchev–Trinajstić information content (AvgIpc) is 2.70. The van der Waals surface area contributed by atoms with E-state index in [1.165, 1.54) is 0 Å². The number of nitrogens with zero attached hydrogens (tertiary/aromatic N) is 2. The van der Waals surface area contributed by atoms with Crippen LogP contribution in [-0.2, 0) is 0 Å². The lowest BCUT2D eigenvalue weighted by Gasteiger charge is -2.02. The van der Waals surface area contributed by atoms with Gasteiger partial charge in [0.15, 0.2) is 0 Å². The van der Waals surface area contributed by atoms with Crippen LogP contribution < -0.4 is 5.73 Å². The Balaban J connectivity index is 2.24. The number of aryl methyl sites for hydroxylation is 1. The summed E-state index contributed by atoms with van der Waals surface area (Å²) in [6.07, 6.45) is 1.75. The Morgan fingerprint density at radius 3 is 2.68 bits per heavy atom. The van der Waals surface area contributed by atoms with Crippen LogP contribution in [-0.4, -0.2) is 9.38 Å². The molecular formula is C14H11Cl2N3. The van der Waals surface area contributed by atoms with Gasteiger partial charge in [-0.3, -0.25) is 4.40 Å². The first-order valence-corrected chi connectivity index (χ1v) is 6.51. The Kier molecular flexibility index (Phi) is 2.88. The van der Waals surface area contributed by atoms with Crippen molar-refractivity contribution in [3.8, 4) is 11.3 Å². The third kappa shape index (κ3) is 2.05. The van der Waals surface area contributed by atoms with Crippen molar-refractivity contribution in [1.82, 2.24) is 9.38 Å². The Hall–Kier alpha value is -1.71. The van der Waals surface area contributed by atoms with Crippen molar-refractivity contribution < 1.29 is 0 Å². The molecule has 2 heterocycles. The number of imidazole rings is 1. The quantitative estimate of drug-likeness (QED) is 0.730. The van der Waals surface area contributed by atoms with Gasteiger partial charge in [0.05, 0.1) is 5.02 Å². The third-order valence-electron chi connectivity index (χ3n) is 3.06. The van der Waals surface area contributed by atoms with Gasteiger partial charge in [0.1, 0.15) is 17.2 Å². The van der Waals surface area contributed by atoms with E-state index in [4.69, 9.17) is 28.9 Å². The summed E-state index contributed by atoms with van der Waals surface area (Å²) in [6.45, 7) is 1.96. The van der Waals surface area contributed by atoms with Gasteiger partial charge in [-0.2, -0.15) is 0 Å². The topological polar surface area (TPSA) is 43.3 Å². The summed E-state index contributed by atoms with van der Waals surface area (Å²) >= 11 is 12.1. The van der Waals surface area contributed by atoms with E-state index < -0.39 is 0 Å². The highest BCUT2D eigenvalue weighted by atomic mass is 35.5. The third-order valence-corrected chi connectivity index (χ3v) is 3.70. The summed E-state index contributed by atoms with van der Waals surface area (Å²) in [5, 5.41) is 1.32. The van der Waals surface area contributed by atoms with Crippen LogP contribution in [0.5, 0.6) is 0 Å². The molecular weight excluding hydrogens is 281 g/mol. The lowest BCUT2D eigenvalue weighted by Crippen LogP contribution is -1.94. The number of anilines is 1. The van der Waals surface area contributed by atoms with Crippen molar-refractivity contribution in [3.63, 3.8) is 0 Å². The highest BCUT2D eigenvalue weighted by Crippen LogP contribution is 2.30. The molecule has 19 heavy (non-hydrogen) atoms. The molecule has 0 amide bonds. The van der Waals surface area contributed by atoms with Crippen LogP contribution in [0.15, 0.2) is 36.5 Å². The molecule has 0 atom stereocenters. The van der Waals surface area contributed by atoms with E-state index in [9.17, 15) is 0 Å². The molecule has 5 heteroatoms. The predicted molar refractivity (Wildman–Crippen MR) is 79.8 cm³/mol. The SMILES string of the molecule is Cc1ccc(-c2nc3ccc(Cl)cn3c2N)cc1Cl. The second-order valence-electron chi connectivity index (χ2n) is 4.39. The van der Waals surface area contributed by atoms with Crippen LogP contribution in [0.3, 0.4) is 0 Å². The number of fused-ring (bicyclic) bond motifs is 1. The fourth-order valence-corrected chi connectivity index (χ4v) is 2.33. The normalized spacial score (nSPS) is 11.1. The van der Waals surface area contributed by atoms with Gasteiger partial charge >= 0.3 is 0 Å². The van der Waals surface area contributed by atoms with Crippen LogP contribution in [0, 0.1) is 6.92 Å². The molecule has 0 unspecified atom stereocenters. The van der Waals surface area contributed by atoms with Gasteiger partial charge in [0.2, 0.25) is 0 Å². The first kappa shape index (κ1) is 12.3. The van der Waals surface area contributed by atoms with Gasteiger partial charge in [-0.1, -0.05) is 35.3 Å². The van der Waals surface area contributed by atoms with Gasteiger partial charge < -0.3 is 5.73 Å². The zero-order valence-electron chi connectivity index (χ0n) is 10.2. The lowest BCUT2D eigenvalue weighted by molar-refractivity contribution is 1.20. The Labute approximate surface area is 120 Å². The molecule has 0 saturated heterocycles. The number of aromatic nitrogens is 2. The van der Waals surface area contributed by atoms with E-state index in [-0.39, 0.29) is 0 Å². The monoisotopic (exact) mass is 291 g/mol. The summed E-state index contributed by atoms with van der Waals surface area (Å²) in [5.41, 5.74) is 9.52. The van der Waals surface area contributed by atoms with Crippen molar-refractivity contribution in [3.05, 3.63) is 52.1 Å². The summed E-state index contributed by atoms with van der Waals surface area (Å²) in [7, 11) is 0. The number of benzene rings is 1. The molecule has 0 bridgehead atoms. The average molecular weight is 292 g/mol. The number of rotatable bonds is 1. The molecule has 1 aromatic carbocycles. The second-order valence-corrected chi connectivity index (χ2v) is 5.23. The molecule has 0 aliphatic carbocycles. The minimum Gasteiger partial charge on any atom is -0.383 e. The largest absolute Gasteiger partial charge is 0.383 e. The second kappa shape index (κ2) is 4.44. The van der Waals surface area contributed by atoms with Crippen LogP contribution >= 0.6 is 23.2 Å². The zero-order chi connectivity index (χ0) is 13.6. The van der Waals surface area contributed by atoms with Crippen LogP contribution in [0.1, 0.15) is 5.56 Å². The van der Waals surface area contributed by atoms with Gasteiger partial charge in [-0.25, -0.2) is 4.98 Å². The molecule has 3 rings (SSSR count). The van der Waals surface area contributed by atoms with Crippen molar-refractivity contribution in [2.24, 2.45) is 0 Å². The highest BCUT2D eigenvalue weighted by molar-refractivity contribution is 6.31. The first-order valence-electron chi connectivity index (χ1n) is 5.76. The standard InChI is InChI=1S/C14H11Cl2N3/c1-8-2-3-9(6-11(8)16)13-14(17)19-7-10(15)4-5-12(19)18-13/h2-7H,17H2,1H3. The van der Waals surface area contributed by atoms with Gasteiger partial charge in [0.25, 0.3) is 0 Å². The van der Waals surface area contributed by atoms with Gasteiger partial charge in [-0.15, -0.1) is 0 Å². The first-order chi connectivity index (χ1) is 9.06. The fraction of sp³-hybridized carbons (Fsp3) is 0.0714. The summed E-state index contributed by atoms with van der Waals surface area (Å²) < 4.78 is 1.77. The molecule has 0 aliphatic heterocycles. The Morgan fingerprint density at radius 1 is 1.16 bits per heavy atom. The number of nitrogen functional groups attached to an aromatic ring is 1. The molecule has 96 valence electrons.